The van der Waals surface area contributed by atoms with Gasteiger partial charge >= 0.3 is 0 Å². The summed E-state index contributed by atoms with van der Waals surface area (Å²) in [6.07, 6.45) is 7.54. The molecule has 1 aliphatic heterocycles. The van der Waals surface area contributed by atoms with E-state index >= 15 is 0 Å². The highest BCUT2D eigenvalue weighted by molar-refractivity contribution is 5.88. The van der Waals surface area contributed by atoms with Crippen molar-refractivity contribution in [3.8, 4) is 22.3 Å². The van der Waals surface area contributed by atoms with Gasteiger partial charge in [-0.2, -0.15) is 5.10 Å². The first-order valence-corrected chi connectivity index (χ1v) is 15.9. The fourth-order valence-electron chi connectivity index (χ4n) is 8.56. The number of hydrogen-bond donors (Lipinski definition) is 1. The molecule has 3 aliphatic rings. The van der Waals surface area contributed by atoms with Gasteiger partial charge in [-0.1, -0.05) is 84.9 Å². The van der Waals surface area contributed by atoms with Crippen LogP contribution in [0.1, 0.15) is 39.3 Å². The van der Waals surface area contributed by atoms with E-state index in [1.54, 1.807) is 0 Å². The molecule has 0 amide bonds. The number of aromatic amines is 1. The highest BCUT2D eigenvalue weighted by Gasteiger charge is 2.55. The topological polar surface area (TPSA) is 73.8 Å². The minimum absolute atomic E-state index is 0.653. The maximum absolute atomic E-state index is 5.20. The Morgan fingerprint density at radius 3 is 2.06 bits per heavy atom. The molecule has 0 bridgehead atoms. The summed E-state index contributed by atoms with van der Waals surface area (Å²) in [4.78, 5) is 20.0. The van der Waals surface area contributed by atoms with Crippen LogP contribution in [0, 0.1) is 0 Å². The molecule has 7 nitrogen and oxygen atoms in total. The average molecular weight is 608 g/mol. The normalized spacial score (nSPS) is 20.0. The van der Waals surface area contributed by atoms with Gasteiger partial charge in [0.2, 0.25) is 0 Å². The summed E-state index contributed by atoms with van der Waals surface area (Å²) in [7, 11) is 2.14. The molecule has 2 aliphatic carbocycles. The van der Waals surface area contributed by atoms with E-state index in [-0.39, 0.29) is 0 Å². The van der Waals surface area contributed by atoms with Crippen LogP contribution in [0.5, 0.6) is 0 Å². The van der Waals surface area contributed by atoms with Crippen molar-refractivity contribution in [1.29, 1.82) is 0 Å². The van der Waals surface area contributed by atoms with E-state index in [1.807, 2.05) is 43.0 Å². The van der Waals surface area contributed by atoms with Crippen LogP contribution in [0.15, 0.2) is 140 Å². The van der Waals surface area contributed by atoms with Crippen molar-refractivity contribution in [2.75, 3.05) is 23.5 Å². The van der Waals surface area contributed by atoms with Gasteiger partial charge < -0.3 is 9.80 Å². The summed E-state index contributed by atoms with van der Waals surface area (Å²) in [5.74, 6) is 0.940. The zero-order valence-electron chi connectivity index (χ0n) is 25.7. The maximum Gasteiger partial charge on any atom is 0.154 e. The minimum Gasteiger partial charge on any atom is -0.354 e. The lowest BCUT2D eigenvalue weighted by atomic mass is 9.70. The lowest BCUT2D eigenvalue weighted by Gasteiger charge is -2.42. The maximum atomic E-state index is 5.20. The van der Waals surface area contributed by atoms with Crippen LogP contribution in [0.4, 0.5) is 11.5 Å². The zero-order chi connectivity index (χ0) is 31.2. The van der Waals surface area contributed by atoms with E-state index in [2.05, 4.69) is 124 Å². The Bertz CT molecular complexity index is 2250. The van der Waals surface area contributed by atoms with Crippen molar-refractivity contribution in [2.24, 2.45) is 0 Å². The molecule has 10 rings (SSSR count). The quantitative estimate of drug-likeness (QED) is 0.229. The number of anilines is 2. The van der Waals surface area contributed by atoms with Crippen molar-refractivity contribution in [3.63, 3.8) is 0 Å². The molecule has 5 heterocycles. The van der Waals surface area contributed by atoms with Gasteiger partial charge in [-0.3, -0.25) is 15.1 Å². The van der Waals surface area contributed by atoms with E-state index in [4.69, 9.17) is 15.0 Å². The van der Waals surface area contributed by atoms with Crippen molar-refractivity contribution in [2.45, 2.75) is 11.0 Å². The Morgan fingerprint density at radius 2 is 1.26 bits per heavy atom. The minimum atomic E-state index is -0.753. The Balaban J connectivity index is 1.32. The number of H-pyrrole nitrogens is 1. The summed E-state index contributed by atoms with van der Waals surface area (Å²) in [5, 5.41) is 7.84. The fraction of sp³-hybridized carbons (Fsp3) is 0.100. The van der Waals surface area contributed by atoms with Gasteiger partial charge in [-0.25, -0.2) is 4.98 Å². The summed E-state index contributed by atoms with van der Waals surface area (Å²) in [5.41, 5.74) is 11.9. The van der Waals surface area contributed by atoms with Gasteiger partial charge in [-0.05, 0) is 63.7 Å². The molecule has 0 fully saturated rings. The van der Waals surface area contributed by atoms with E-state index in [1.165, 1.54) is 22.3 Å². The van der Waals surface area contributed by atoms with Gasteiger partial charge in [0.15, 0.2) is 5.82 Å². The monoisotopic (exact) mass is 607 g/mol. The number of nitrogens with zero attached hydrogens (tertiary/aromatic N) is 6. The molecular weight excluding hydrogens is 578 g/mol. The smallest absolute Gasteiger partial charge is 0.154 e. The number of hydrogen-bond acceptors (Lipinski definition) is 6. The van der Waals surface area contributed by atoms with Crippen LogP contribution in [-0.2, 0) is 11.0 Å². The third-order valence-electron chi connectivity index (χ3n) is 10.4. The molecular formula is C40H29N7. The second-order valence-corrected chi connectivity index (χ2v) is 12.5. The number of aromatic nitrogens is 5. The first-order chi connectivity index (χ1) is 23.2. The first-order valence-electron chi connectivity index (χ1n) is 15.9. The first kappa shape index (κ1) is 26.2. The van der Waals surface area contributed by atoms with Gasteiger partial charge in [0.25, 0.3) is 0 Å². The predicted octanol–water partition coefficient (Wildman–Crippen LogP) is 7.14. The SMILES string of the molecule is CN1CN(C2(c3cccc(C4(c5ccn[nH]5)c5ccccc5-c5cccnc54)c3)c3ccccc3-c3cccnc32)c2ncccc21. The Labute approximate surface area is 272 Å². The Morgan fingerprint density at radius 1 is 0.596 bits per heavy atom. The number of benzene rings is 3. The van der Waals surface area contributed by atoms with Crippen LogP contribution in [-0.4, -0.2) is 38.9 Å². The van der Waals surface area contributed by atoms with Gasteiger partial charge in [-0.15, -0.1) is 0 Å². The van der Waals surface area contributed by atoms with Crippen LogP contribution in [0.2, 0.25) is 0 Å². The van der Waals surface area contributed by atoms with Gasteiger partial charge in [0.05, 0.1) is 29.4 Å². The van der Waals surface area contributed by atoms with Crippen molar-refractivity contribution < 1.29 is 0 Å². The third kappa shape index (κ3) is 3.20. The van der Waals surface area contributed by atoms with Crippen molar-refractivity contribution in [3.05, 3.63) is 179 Å². The van der Waals surface area contributed by atoms with Crippen LogP contribution in [0.25, 0.3) is 22.3 Å². The summed E-state index contributed by atoms with van der Waals surface area (Å²) in [6.45, 7) is 0.653. The molecule has 3 aromatic carbocycles. The highest BCUT2D eigenvalue weighted by atomic mass is 15.4. The number of nitrogens with one attached hydrogen (secondary N) is 1. The molecule has 0 saturated heterocycles. The summed E-state index contributed by atoms with van der Waals surface area (Å²) >= 11 is 0. The summed E-state index contributed by atoms with van der Waals surface area (Å²) in [6, 6.07) is 41.2. The molecule has 0 radical (unpaired) electrons. The number of pyridine rings is 3. The molecule has 4 aromatic heterocycles. The van der Waals surface area contributed by atoms with Gasteiger partial charge in [0.1, 0.15) is 11.0 Å². The Kier molecular flexibility index (Phi) is 5.27. The molecule has 1 N–H and O–H groups in total. The molecule has 2 unspecified atom stereocenters. The van der Waals surface area contributed by atoms with E-state index in [0.29, 0.717) is 6.67 Å². The lowest BCUT2D eigenvalue weighted by molar-refractivity contribution is 0.563. The Hall–Kier alpha value is -6.08. The number of fused-ring (bicyclic) bond motifs is 7. The molecule has 2 atom stereocenters. The van der Waals surface area contributed by atoms with E-state index in [9.17, 15) is 0 Å². The van der Waals surface area contributed by atoms with Crippen LogP contribution >= 0.6 is 0 Å². The van der Waals surface area contributed by atoms with Crippen molar-refractivity contribution >= 4 is 11.5 Å². The zero-order valence-corrected chi connectivity index (χ0v) is 25.7. The van der Waals surface area contributed by atoms with Crippen LogP contribution in [0.3, 0.4) is 0 Å². The summed E-state index contributed by atoms with van der Waals surface area (Å²) < 4.78 is 0. The predicted molar refractivity (Wildman–Crippen MR) is 183 cm³/mol. The molecule has 0 spiro atoms. The largest absolute Gasteiger partial charge is 0.354 e. The standard InChI is InChI=1S/C40H29N7/c1-46-25-47(38-34(46)18-9-22-43-38)40(33-17-5-3-13-29(33)31-15-8-21-42-37(31)40)27-11-6-10-26(24-27)39(35-19-23-44-45-35)32-16-4-2-12-28(32)30-14-7-20-41-36(30)39/h2-24H,25H2,1H3,(H,44,45). The lowest BCUT2D eigenvalue weighted by Crippen LogP contribution is -2.49. The second-order valence-electron chi connectivity index (χ2n) is 12.5. The highest BCUT2D eigenvalue weighted by Crippen LogP contribution is 2.59. The third-order valence-corrected chi connectivity index (χ3v) is 10.4. The molecule has 7 aromatic rings. The molecule has 0 saturated carbocycles. The average Bonchev–Trinajstić information content (AvgIpc) is 3.91. The van der Waals surface area contributed by atoms with Gasteiger partial charge in [0, 0.05) is 43.0 Å². The molecule has 47 heavy (non-hydrogen) atoms. The number of rotatable bonds is 4. The fourth-order valence-corrected chi connectivity index (χ4v) is 8.56. The molecule has 7 heteroatoms. The molecule has 224 valence electrons. The second kappa shape index (κ2) is 9.47. The van der Waals surface area contributed by atoms with E-state index in [0.717, 1.165) is 50.8 Å². The van der Waals surface area contributed by atoms with Crippen LogP contribution < -0.4 is 9.80 Å². The van der Waals surface area contributed by atoms with E-state index < -0.39 is 11.0 Å². The van der Waals surface area contributed by atoms with Crippen molar-refractivity contribution in [1.82, 2.24) is 25.1 Å².